The van der Waals surface area contributed by atoms with Crippen molar-refractivity contribution < 1.29 is 4.79 Å². The van der Waals surface area contributed by atoms with Crippen molar-refractivity contribution in [3.63, 3.8) is 0 Å². The van der Waals surface area contributed by atoms with Gasteiger partial charge in [0.05, 0.1) is 0 Å². The van der Waals surface area contributed by atoms with Gasteiger partial charge in [0, 0.05) is 36.1 Å². The molecule has 0 saturated carbocycles. The van der Waals surface area contributed by atoms with Crippen LogP contribution in [0.3, 0.4) is 0 Å². The van der Waals surface area contributed by atoms with Crippen LogP contribution in [0, 0.1) is 0 Å². The van der Waals surface area contributed by atoms with Gasteiger partial charge in [-0.25, -0.2) is 0 Å². The van der Waals surface area contributed by atoms with E-state index in [0.29, 0.717) is 18.0 Å². The first-order valence-electron chi connectivity index (χ1n) is 7.46. The van der Waals surface area contributed by atoms with Crippen LogP contribution in [0.4, 0.5) is 0 Å². The molecule has 1 amide bonds. The number of nitrogens with one attached hydrogen (secondary N) is 1. The van der Waals surface area contributed by atoms with E-state index in [2.05, 4.69) is 18.3 Å². The van der Waals surface area contributed by atoms with Crippen LogP contribution in [0.15, 0.2) is 24.3 Å². The van der Waals surface area contributed by atoms with Crippen LogP contribution in [-0.2, 0) is 4.79 Å². The van der Waals surface area contributed by atoms with E-state index in [1.165, 1.54) is 5.56 Å². The fourth-order valence-corrected chi connectivity index (χ4v) is 3.65. The second-order valence-electron chi connectivity index (χ2n) is 5.89. The summed E-state index contributed by atoms with van der Waals surface area (Å²) in [6, 6.07) is 9.10. The Labute approximate surface area is 125 Å². The molecular weight excluding hydrogens is 272 g/mol. The molecule has 2 saturated heterocycles. The number of rotatable bonds is 3. The topological polar surface area (TPSA) is 32.3 Å². The van der Waals surface area contributed by atoms with Crippen LogP contribution in [0.25, 0.3) is 0 Å². The number of likely N-dealkylation sites (tertiary alicyclic amines) is 1. The normalized spacial score (nSPS) is 28.1. The minimum Gasteiger partial charge on any atom is -0.338 e. The number of halogens is 1. The number of benzene rings is 1. The second kappa shape index (κ2) is 5.74. The zero-order chi connectivity index (χ0) is 14.1. The monoisotopic (exact) mass is 292 g/mol. The highest BCUT2D eigenvalue weighted by atomic mass is 35.5. The van der Waals surface area contributed by atoms with E-state index in [1.807, 2.05) is 23.1 Å². The van der Waals surface area contributed by atoms with Gasteiger partial charge in [-0.2, -0.15) is 0 Å². The Kier molecular flexibility index (Phi) is 3.99. The molecule has 0 aromatic heterocycles. The molecule has 1 N–H and O–H groups in total. The summed E-state index contributed by atoms with van der Waals surface area (Å²) in [6.45, 7) is 3.08. The third-order valence-corrected chi connectivity index (χ3v) is 4.85. The van der Waals surface area contributed by atoms with Gasteiger partial charge in [0.15, 0.2) is 0 Å². The molecule has 1 aromatic carbocycles. The summed E-state index contributed by atoms with van der Waals surface area (Å²) in [5, 5.41) is 4.47. The van der Waals surface area contributed by atoms with Gasteiger partial charge in [0.25, 0.3) is 0 Å². The van der Waals surface area contributed by atoms with Crippen LogP contribution < -0.4 is 5.32 Å². The van der Waals surface area contributed by atoms with E-state index in [0.717, 1.165) is 37.3 Å². The predicted octanol–water partition coefficient (Wildman–Crippen LogP) is 3.14. The lowest BCUT2D eigenvalue weighted by Gasteiger charge is -2.30. The van der Waals surface area contributed by atoms with E-state index in [-0.39, 0.29) is 6.04 Å². The molecule has 0 radical (unpaired) electrons. The Hall–Kier alpha value is -1.06. The summed E-state index contributed by atoms with van der Waals surface area (Å²) in [7, 11) is 0. The third-order valence-electron chi connectivity index (χ3n) is 4.62. The highest BCUT2D eigenvalue weighted by molar-refractivity contribution is 6.30. The fourth-order valence-electron chi connectivity index (χ4n) is 3.45. The second-order valence-corrected chi connectivity index (χ2v) is 6.33. The van der Waals surface area contributed by atoms with E-state index in [1.54, 1.807) is 0 Å². The van der Waals surface area contributed by atoms with Crippen molar-refractivity contribution in [3.8, 4) is 0 Å². The molecule has 2 heterocycles. The van der Waals surface area contributed by atoms with E-state index < -0.39 is 0 Å². The molecule has 2 aliphatic rings. The number of carbonyl (C=O) groups is 1. The molecule has 3 rings (SSSR count). The van der Waals surface area contributed by atoms with Gasteiger partial charge in [0.1, 0.15) is 0 Å². The SMILES string of the molecule is C[C@@H](C1CCC(c2cccc(Cl)c2)N1)N1CCCC1=O. The predicted molar refractivity (Wildman–Crippen MR) is 80.8 cm³/mol. The first kappa shape index (κ1) is 13.9. The zero-order valence-electron chi connectivity index (χ0n) is 11.8. The van der Waals surface area contributed by atoms with Gasteiger partial charge in [0.2, 0.25) is 5.91 Å². The van der Waals surface area contributed by atoms with E-state index >= 15 is 0 Å². The lowest BCUT2D eigenvalue weighted by atomic mass is 10.0. The van der Waals surface area contributed by atoms with Crippen molar-refractivity contribution in [2.75, 3.05) is 6.54 Å². The smallest absolute Gasteiger partial charge is 0.222 e. The molecular formula is C16H21ClN2O. The van der Waals surface area contributed by atoms with Crippen molar-refractivity contribution in [2.45, 2.75) is 50.7 Å². The number of carbonyl (C=O) groups excluding carboxylic acids is 1. The minimum absolute atomic E-state index is 0.286. The number of hydrogen-bond acceptors (Lipinski definition) is 2. The molecule has 108 valence electrons. The highest BCUT2D eigenvalue weighted by Gasteiger charge is 2.34. The van der Waals surface area contributed by atoms with Crippen molar-refractivity contribution in [1.82, 2.24) is 10.2 Å². The zero-order valence-corrected chi connectivity index (χ0v) is 12.6. The van der Waals surface area contributed by atoms with Crippen LogP contribution in [0.5, 0.6) is 0 Å². The molecule has 4 heteroatoms. The van der Waals surface area contributed by atoms with Crippen LogP contribution in [-0.4, -0.2) is 29.4 Å². The van der Waals surface area contributed by atoms with Crippen LogP contribution in [0.2, 0.25) is 5.02 Å². The van der Waals surface area contributed by atoms with Crippen molar-refractivity contribution in [2.24, 2.45) is 0 Å². The average molecular weight is 293 g/mol. The van der Waals surface area contributed by atoms with Crippen LogP contribution in [0.1, 0.15) is 44.2 Å². The fraction of sp³-hybridized carbons (Fsp3) is 0.562. The number of hydrogen-bond donors (Lipinski definition) is 1. The van der Waals surface area contributed by atoms with Crippen molar-refractivity contribution in [3.05, 3.63) is 34.9 Å². The molecule has 3 atom stereocenters. The van der Waals surface area contributed by atoms with Gasteiger partial charge in [-0.15, -0.1) is 0 Å². The quantitative estimate of drug-likeness (QED) is 0.928. The molecule has 0 bridgehead atoms. The average Bonchev–Trinajstić information content (AvgIpc) is 3.07. The molecule has 20 heavy (non-hydrogen) atoms. The largest absolute Gasteiger partial charge is 0.338 e. The van der Waals surface area contributed by atoms with Gasteiger partial charge >= 0.3 is 0 Å². The Morgan fingerprint density at radius 1 is 1.40 bits per heavy atom. The van der Waals surface area contributed by atoms with E-state index in [4.69, 9.17) is 11.6 Å². The standard InChI is InChI=1S/C16H21ClN2O/c1-11(19-9-3-6-16(19)20)14-7-8-15(18-14)12-4-2-5-13(17)10-12/h2,4-5,10-11,14-15,18H,3,6-9H2,1H3/t11-,14?,15?/m0/s1. The van der Waals surface area contributed by atoms with E-state index in [9.17, 15) is 4.79 Å². The molecule has 1 aromatic rings. The molecule has 2 aliphatic heterocycles. The Morgan fingerprint density at radius 3 is 2.95 bits per heavy atom. The minimum atomic E-state index is 0.286. The van der Waals surface area contributed by atoms with Crippen molar-refractivity contribution in [1.29, 1.82) is 0 Å². The number of nitrogens with zero attached hydrogens (tertiary/aromatic N) is 1. The summed E-state index contributed by atoms with van der Waals surface area (Å²) < 4.78 is 0. The third kappa shape index (κ3) is 2.70. The number of amides is 1. The summed E-state index contributed by atoms with van der Waals surface area (Å²) in [5.41, 5.74) is 1.25. The molecule has 0 spiro atoms. The van der Waals surface area contributed by atoms with Gasteiger partial charge in [-0.3, -0.25) is 4.79 Å². The molecule has 2 fully saturated rings. The van der Waals surface area contributed by atoms with Gasteiger partial charge in [-0.05, 0) is 43.9 Å². The lowest BCUT2D eigenvalue weighted by molar-refractivity contribution is -0.129. The first-order chi connectivity index (χ1) is 9.65. The summed E-state index contributed by atoms with van der Waals surface area (Å²) in [4.78, 5) is 13.9. The first-order valence-corrected chi connectivity index (χ1v) is 7.84. The maximum absolute atomic E-state index is 11.8. The summed E-state index contributed by atoms with van der Waals surface area (Å²) >= 11 is 6.06. The maximum Gasteiger partial charge on any atom is 0.222 e. The maximum atomic E-state index is 11.8. The van der Waals surface area contributed by atoms with Gasteiger partial charge < -0.3 is 10.2 Å². The molecule has 2 unspecified atom stereocenters. The Bertz CT molecular complexity index is 505. The van der Waals surface area contributed by atoms with Crippen molar-refractivity contribution >= 4 is 17.5 Å². The summed E-state index contributed by atoms with van der Waals surface area (Å²) in [5.74, 6) is 0.311. The Morgan fingerprint density at radius 2 is 2.25 bits per heavy atom. The summed E-state index contributed by atoms with van der Waals surface area (Å²) in [6.07, 6.45) is 3.95. The van der Waals surface area contributed by atoms with Gasteiger partial charge in [-0.1, -0.05) is 23.7 Å². The lowest BCUT2D eigenvalue weighted by Crippen LogP contribution is -2.46. The molecule has 3 nitrogen and oxygen atoms in total. The molecule has 0 aliphatic carbocycles. The van der Waals surface area contributed by atoms with Crippen LogP contribution >= 0.6 is 11.6 Å². The Balaban J connectivity index is 1.66. The highest BCUT2D eigenvalue weighted by Crippen LogP contribution is 2.31.